The number of hydrogen-bond acceptors (Lipinski definition) is 3. The van der Waals surface area contributed by atoms with Crippen molar-refractivity contribution >= 4 is 57.1 Å². The topological polar surface area (TPSA) is 57.6 Å². The highest BCUT2D eigenvalue weighted by Crippen LogP contribution is 2.44. The number of carbonyl (C=O) groups is 2. The Hall–Kier alpha value is -3.60. The Morgan fingerprint density at radius 1 is 0.853 bits per heavy atom. The van der Waals surface area contributed by atoms with Crippen molar-refractivity contribution in [3.8, 4) is 0 Å². The molecule has 1 fully saturated rings. The first-order chi connectivity index (χ1) is 16.4. The van der Waals surface area contributed by atoms with Crippen LogP contribution in [0.4, 0.5) is 5.69 Å². The van der Waals surface area contributed by atoms with Crippen molar-refractivity contribution in [3.05, 3.63) is 117 Å². The monoisotopic (exact) mass is 487 g/mol. The van der Waals surface area contributed by atoms with Gasteiger partial charge in [-0.1, -0.05) is 89.9 Å². The first kappa shape index (κ1) is 22.2. The van der Waals surface area contributed by atoms with Crippen LogP contribution < -0.4 is 4.90 Å². The fourth-order valence-corrected chi connectivity index (χ4v) is 4.79. The number of Topliss-reactive ketones (excluding diaryl/α,β-unsaturated/α-hetero) is 1. The van der Waals surface area contributed by atoms with E-state index in [2.05, 4.69) is 0 Å². The van der Waals surface area contributed by atoms with Crippen LogP contribution >= 0.6 is 23.2 Å². The van der Waals surface area contributed by atoms with E-state index in [0.717, 1.165) is 21.9 Å². The SMILES string of the molecule is Cc1ccccc1C1/C(=C(\O)c2cccc3ccccc23)C(=O)C(=O)N1c1ccc(Cl)c(Cl)c1. The van der Waals surface area contributed by atoms with Crippen molar-refractivity contribution in [1.82, 2.24) is 0 Å². The molecule has 0 spiro atoms. The van der Waals surface area contributed by atoms with Crippen molar-refractivity contribution in [2.24, 2.45) is 0 Å². The van der Waals surface area contributed by atoms with Crippen LogP contribution in [0.5, 0.6) is 0 Å². The fraction of sp³-hybridized carbons (Fsp3) is 0.0714. The van der Waals surface area contributed by atoms with Gasteiger partial charge in [0.15, 0.2) is 0 Å². The molecule has 168 valence electrons. The van der Waals surface area contributed by atoms with Gasteiger partial charge in [0.1, 0.15) is 5.76 Å². The van der Waals surface area contributed by atoms with Crippen LogP contribution in [0.15, 0.2) is 90.5 Å². The van der Waals surface area contributed by atoms with Gasteiger partial charge in [-0.15, -0.1) is 0 Å². The third-order valence-electron chi connectivity index (χ3n) is 6.15. The molecule has 1 atom stereocenters. The number of nitrogens with zero attached hydrogens (tertiary/aromatic N) is 1. The highest BCUT2D eigenvalue weighted by molar-refractivity contribution is 6.52. The Kier molecular flexibility index (Phi) is 5.64. The van der Waals surface area contributed by atoms with Crippen LogP contribution in [0.1, 0.15) is 22.7 Å². The Morgan fingerprint density at radius 3 is 2.32 bits per heavy atom. The molecule has 0 aromatic heterocycles. The smallest absolute Gasteiger partial charge is 0.300 e. The maximum Gasteiger partial charge on any atom is 0.300 e. The summed E-state index contributed by atoms with van der Waals surface area (Å²) in [5.74, 6) is -1.72. The number of rotatable bonds is 3. The summed E-state index contributed by atoms with van der Waals surface area (Å²) in [5, 5.41) is 13.8. The lowest BCUT2D eigenvalue weighted by Gasteiger charge is -2.27. The molecule has 1 saturated heterocycles. The van der Waals surface area contributed by atoms with Crippen LogP contribution in [-0.2, 0) is 9.59 Å². The average Bonchev–Trinajstić information content (AvgIpc) is 3.10. The minimum Gasteiger partial charge on any atom is -0.507 e. The van der Waals surface area contributed by atoms with Crippen molar-refractivity contribution in [3.63, 3.8) is 0 Å². The first-order valence-electron chi connectivity index (χ1n) is 10.7. The van der Waals surface area contributed by atoms with Crippen LogP contribution in [0.25, 0.3) is 16.5 Å². The normalized spacial score (nSPS) is 17.5. The van der Waals surface area contributed by atoms with Crippen LogP contribution in [0.2, 0.25) is 10.0 Å². The number of ketones is 1. The molecule has 0 aliphatic carbocycles. The number of halogens is 2. The molecule has 0 bridgehead atoms. The molecule has 1 unspecified atom stereocenters. The van der Waals surface area contributed by atoms with Gasteiger partial charge in [0.25, 0.3) is 11.7 Å². The zero-order valence-corrected chi connectivity index (χ0v) is 19.6. The Labute approximate surface area is 206 Å². The number of aliphatic hydroxyl groups is 1. The molecule has 0 radical (unpaired) electrons. The third kappa shape index (κ3) is 3.56. The van der Waals surface area contributed by atoms with Crippen molar-refractivity contribution in [2.45, 2.75) is 13.0 Å². The quantitative estimate of drug-likeness (QED) is 0.190. The highest BCUT2D eigenvalue weighted by atomic mass is 35.5. The van der Waals surface area contributed by atoms with Gasteiger partial charge >= 0.3 is 0 Å². The lowest BCUT2D eigenvalue weighted by atomic mass is 9.91. The van der Waals surface area contributed by atoms with Gasteiger partial charge in [0.05, 0.1) is 21.7 Å². The molecule has 0 saturated carbocycles. The Balaban J connectivity index is 1.80. The van der Waals surface area contributed by atoms with Gasteiger partial charge < -0.3 is 5.11 Å². The van der Waals surface area contributed by atoms with Crippen molar-refractivity contribution in [2.75, 3.05) is 4.90 Å². The summed E-state index contributed by atoms with van der Waals surface area (Å²) in [5.41, 5.74) is 2.55. The van der Waals surface area contributed by atoms with Crippen molar-refractivity contribution < 1.29 is 14.7 Å². The number of aliphatic hydroxyl groups excluding tert-OH is 1. The lowest BCUT2D eigenvalue weighted by molar-refractivity contribution is -0.132. The molecule has 4 nitrogen and oxygen atoms in total. The predicted octanol–water partition coefficient (Wildman–Crippen LogP) is 7.08. The Morgan fingerprint density at radius 2 is 1.56 bits per heavy atom. The molecule has 1 heterocycles. The number of anilines is 1. The molecule has 1 N–H and O–H groups in total. The lowest BCUT2D eigenvalue weighted by Crippen LogP contribution is -2.29. The molecule has 6 heteroatoms. The van der Waals surface area contributed by atoms with Gasteiger partial charge in [-0.25, -0.2) is 0 Å². The largest absolute Gasteiger partial charge is 0.507 e. The maximum atomic E-state index is 13.4. The van der Waals surface area contributed by atoms with Crippen LogP contribution in [0, 0.1) is 6.92 Å². The van der Waals surface area contributed by atoms with E-state index in [1.807, 2.05) is 67.6 Å². The van der Waals surface area contributed by atoms with E-state index in [1.165, 1.54) is 4.90 Å². The number of hydrogen-bond donors (Lipinski definition) is 1. The Bertz CT molecular complexity index is 1500. The van der Waals surface area contributed by atoms with E-state index in [-0.39, 0.29) is 16.4 Å². The second-order valence-corrected chi connectivity index (χ2v) is 8.97. The summed E-state index contributed by atoms with van der Waals surface area (Å²) in [7, 11) is 0. The second-order valence-electron chi connectivity index (χ2n) is 8.15. The summed E-state index contributed by atoms with van der Waals surface area (Å²) < 4.78 is 0. The minimum atomic E-state index is -0.836. The molecule has 34 heavy (non-hydrogen) atoms. The molecule has 1 amide bonds. The molecule has 1 aliphatic heterocycles. The molecule has 4 aromatic carbocycles. The van der Waals surface area contributed by atoms with E-state index in [4.69, 9.17) is 23.2 Å². The summed E-state index contributed by atoms with van der Waals surface area (Å²) in [6.07, 6.45) is 0. The zero-order chi connectivity index (χ0) is 24.0. The summed E-state index contributed by atoms with van der Waals surface area (Å²) >= 11 is 12.3. The van der Waals surface area contributed by atoms with E-state index in [0.29, 0.717) is 16.3 Å². The number of amides is 1. The molecular weight excluding hydrogens is 469 g/mol. The molecule has 4 aromatic rings. The average molecular weight is 488 g/mol. The first-order valence-corrected chi connectivity index (χ1v) is 11.4. The number of aryl methyl sites for hydroxylation is 1. The highest BCUT2D eigenvalue weighted by Gasteiger charge is 2.47. The van der Waals surface area contributed by atoms with E-state index in [1.54, 1.807) is 24.3 Å². The van der Waals surface area contributed by atoms with Crippen LogP contribution in [-0.4, -0.2) is 16.8 Å². The van der Waals surface area contributed by atoms with Gasteiger partial charge in [0, 0.05) is 11.3 Å². The summed E-state index contributed by atoms with van der Waals surface area (Å²) in [6, 6.07) is 24.5. The predicted molar refractivity (Wildman–Crippen MR) is 136 cm³/mol. The zero-order valence-electron chi connectivity index (χ0n) is 18.1. The second kappa shape index (κ2) is 8.64. The summed E-state index contributed by atoms with van der Waals surface area (Å²) in [4.78, 5) is 28.2. The van der Waals surface area contributed by atoms with Gasteiger partial charge in [-0.2, -0.15) is 0 Å². The molecule has 1 aliphatic rings. The molecular formula is C28H19Cl2NO3. The minimum absolute atomic E-state index is 0.0294. The van der Waals surface area contributed by atoms with Gasteiger partial charge in [-0.05, 0) is 47.0 Å². The summed E-state index contributed by atoms with van der Waals surface area (Å²) in [6.45, 7) is 1.90. The van der Waals surface area contributed by atoms with E-state index < -0.39 is 17.7 Å². The molecule has 5 rings (SSSR count). The maximum absolute atomic E-state index is 13.4. The number of fused-ring (bicyclic) bond motifs is 1. The van der Waals surface area contributed by atoms with E-state index >= 15 is 0 Å². The van der Waals surface area contributed by atoms with Crippen LogP contribution in [0.3, 0.4) is 0 Å². The standard InChI is InChI=1S/C28H19Cl2NO3/c1-16-7-2-4-10-19(16)25-24(26(32)21-12-6-9-17-8-3-5-11-20(17)21)27(33)28(34)31(25)18-13-14-22(29)23(30)15-18/h2-15,25,32H,1H3/b26-24+. The third-order valence-corrected chi connectivity index (χ3v) is 6.89. The number of benzene rings is 4. The van der Waals surface area contributed by atoms with Crippen molar-refractivity contribution in [1.29, 1.82) is 0 Å². The van der Waals surface area contributed by atoms with Gasteiger partial charge in [0.2, 0.25) is 0 Å². The number of carbonyl (C=O) groups excluding carboxylic acids is 2. The van der Waals surface area contributed by atoms with E-state index in [9.17, 15) is 14.7 Å². The van der Waals surface area contributed by atoms with Gasteiger partial charge in [-0.3, -0.25) is 14.5 Å². The fourth-order valence-electron chi connectivity index (χ4n) is 4.50.